The van der Waals surface area contributed by atoms with Gasteiger partial charge in [0.25, 0.3) is 5.56 Å². The second-order valence-corrected chi connectivity index (χ2v) is 6.51. The summed E-state index contributed by atoms with van der Waals surface area (Å²) in [6, 6.07) is 7.69. The van der Waals surface area contributed by atoms with Crippen molar-refractivity contribution in [2.75, 3.05) is 12.4 Å². The van der Waals surface area contributed by atoms with Gasteiger partial charge in [0.15, 0.2) is 5.16 Å². The summed E-state index contributed by atoms with van der Waals surface area (Å²) in [5.74, 6) is 0.983. The molecule has 0 saturated heterocycles. The highest BCUT2D eigenvalue weighted by Gasteiger charge is 2.09. The fourth-order valence-electron chi connectivity index (χ4n) is 1.93. The predicted molar refractivity (Wildman–Crippen MR) is 87.5 cm³/mol. The van der Waals surface area contributed by atoms with E-state index in [-0.39, 0.29) is 11.4 Å². The van der Waals surface area contributed by atoms with Crippen molar-refractivity contribution in [1.82, 2.24) is 9.55 Å². The number of ether oxygens (including phenoxy) is 1. The van der Waals surface area contributed by atoms with Crippen molar-refractivity contribution in [3.05, 3.63) is 51.9 Å². The SMILES string of the molecule is Cn1c(SCCOc2ccc(F)cc2)nc2sccc2c1=O. The number of hydrogen-bond acceptors (Lipinski definition) is 5. The van der Waals surface area contributed by atoms with Gasteiger partial charge in [0, 0.05) is 12.8 Å². The molecule has 114 valence electrons. The van der Waals surface area contributed by atoms with E-state index in [9.17, 15) is 9.18 Å². The Balaban J connectivity index is 1.63. The zero-order valence-electron chi connectivity index (χ0n) is 11.8. The molecule has 7 heteroatoms. The molecule has 1 aromatic carbocycles. The highest BCUT2D eigenvalue weighted by Crippen LogP contribution is 2.20. The molecule has 0 aliphatic carbocycles. The van der Waals surface area contributed by atoms with Crippen LogP contribution >= 0.6 is 23.1 Å². The second-order valence-electron chi connectivity index (χ2n) is 4.55. The summed E-state index contributed by atoms with van der Waals surface area (Å²) in [6.07, 6.45) is 0. The summed E-state index contributed by atoms with van der Waals surface area (Å²) in [5.41, 5.74) is -0.0341. The molecule has 3 rings (SSSR count). The highest BCUT2D eigenvalue weighted by atomic mass is 32.2. The van der Waals surface area contributed by atoms with E-state index in [0.717, 1.165) is 4.83 Å². The molecule has 4 nitrogen and oxygen atoms in total. The molecule has 0 fully saturated rings. The summed E-state index contributed by atoms with van der Waals surface area (Å²) in [6.45, 7) is 0.453. The molecule has 0 aliphatic heterocycles. The fraction of sp³-hybridized carbons (Fsp3) is 0.200. The van der Waals surface area contributed by atoms with Crippen molar-refractivity contribution >= 4 is 33.3 Å². The molecular formula is C15H13FN2O2S2. The molecule has 2 heterocycles. The lowest BCUT2D eigenvalue weighted by molar-refractivity contribution is 0.343. The molecule has 0 atom stereocenters. The van der Waals surface area contributed by atoms with Crippen LogP contribution in [0.4, 0.5) is 4.39 Å². The molecule has 0 unspecified atom stereocenters. The van der Waals surface area contributed by atoms with Crippen molar-refractivity contribution in [3.8, 4) is 5.75 Å². The van der Waals surface area contributed by atoms with Crippen molar-refractivity contribution in [3.63, 3.8) is 0 Å². The predicted octanol–water partition coefficient (Wildman–Crippen LogP) is 3.31. The average molecular weight is 336 g/mol. The van der Waals surface area contributed by atoms with Gasteiger partial charge in [0.2, 0.25) is 0 Å². The fourth-order valence-corrected chi connectivity index (χ4v) is 3.53. The molecule has 22 heavy (non-hydrogen) atoms. The van der Waals surface area contributed by atoms with Crippen LogP contribution in [0.3, 0.4) is 0 Å². The zero-order valence-corrected chi connectivity index (χ0v) is 13.4. The second kappa shape index (κ2) is 6.50. The maximum absolute atomic E-state index is 12.8. The van der Waals surface area contributed by atoms with Gasteiger partial charge >= 0.3 is 0 Å². The Morgan fingerprint density at radius 2 is 2.09 bits per heavy atom. The number of benzene rings is 1. The van der Waals surface area contributed by atoms with E-state index in [4.69, 9.17) is 4.74 Å². The Kier molecular flexibility index (Phi) is 4.44. The van der Waals surface area contributed by atoms with E-state index >= 15 is 0 Å². The first-order chi connectivity index (χ1) is 10.6. The van der Waals surface area contributed by atoms with Crippen LogP contribution in [0, 0.1) is 5.82 Å². The van der Waals surface area contributed by atoms with Crippen LogP contribution < -0.4 is 10.3 Å². The summed E-state index contributed by atoms with van der Waals surface area (Å²) < 4.78 is 19.9. The number of hydrogen-bond donors (Lipinski definition) is 0. The van der Waals surface area contributed by atoms with Gasteiger partial charge in [-0.15, -0.1) is 11.3 Å². The number of halogens is 1. The summed E-state index contributed by atoms with van der Waals surface area (Å²) in [5, 5.41) is 3.19. The monoisotopic (exact) mass is 336 g/mol. The smallest absolute Gasteiger partial charge is 0.262 e. The Bertz CT molecular complexity index is 843. The van der Waals surface area contributed by atoms with E-state index in [1.165, 1.54) is 35.2 Å². The van der Waals surface area contributed by atoms with Crippen molar-refractivity contribution in [2.45, 2.75) is 5.16 Å². The number of thiophene rings is 1. The van der Waals surface area contributed by atoms with Gasteiger partial charge in [-0.3, -0.25) is 9.36 Å². The minimum atomic E-state index is -0.287. The first-order valence-corrected chi connectivity index (χ1v) is 8.47. The van der Waals surface area contributed by atoms with Gasteiger partial charge in [-0.25, -0.2) is 9.37 Å². The van der Waals surface area contributed by atoms with Gasteiger partial charge in [-0.2, -0.15) is 0 Å². The van der Waals surface area contributed by atoms with Crippen LogP contribution in [0.2, 0.25) is 0 Å². The number of nitrogens with zero attached hydrogens (tertiary/aromatic N) is 2. The number of thioether (sulfide) groups is 1. The Labute approximate surface area is 134 Å². The third-order valence-electron chi connectivity index (χ3n) is 3.06. The van der Waals surface area contributed by atoms with Crippen LogP contribution in [0.5, 0.6) is 5.75 Å². The van der Waals surface area contributed by atoms with Crippen molar-refractivity contribution in [2.24, 2.45) is 7.05 Å². The van der Waals surface area contributed by atoms with E-state index in [0.29, 0.717) is 28.7 Å². The molecule has 0 saturated carbocycles. The first kappa shape index (κ1) is 15.1. The van der Waals surface area contributed by atoms with Crippen LogP contribution in [-0.4, -0.2) is 21.9 Å². The van der Waals surface area contributed by atoms with Gasteiger partial charge in [-0.1, -0.05) is 11.8 Å². The molecule has 0 aliphatic rings. The van der Waals surface area contributed by atoms with Gasteiger partial charge < -0.3 is 4.74 Å². The molecule has 0 radical (unpaired) electrons. The molecule has 0 amide bonds. The molecular weight excluding hydrogens is 323 g/mol. The van der Waals surface area contributed by atoms with Gasteiger partial charge in [0.05, 0.1) is 12.0 Å². The maximum Gasteiger partial charge on any atom is 0.262 e. The molecule has 3 aromatic rings. The van der Waals surface area contributed by atoms with E-state index < -0.39 is 0 Å². The summed E-state index contributed by atoms with van der Waals surface area (Å²) >= 11 is 2.92. The van der Waals surface area contributed by atoms with E-state index in [2.05, 4.69) is 4.98 Å². The summed E-state index contributed by atoms with van der Waals surface area (Å²) in [4.78, 5) is 17.4. The van der Waals surface area contributed by atoms with Crippen LogP contribution in [0.1, 0.15) is 0 Å². The largest absolute Gasteiger partial charge is 0.493 e. The van der Waals surface area contributed by atoms with Crippen LogP contribution in [-0.2, 0) is 7.05 Å². The number of aromatic nitrogens is 2. The third kappa shape index (κ3) is 3.15. The Morgan fingerprint density at radius 1 is 1.32 bits per heavy atom. The first-order valence-electron chi connectivity index (χ1n) is 6.60. The quantitative estimate of drug-likeness (QED) is 0.407. The maximum atomic E-state index is 12.8. The third-order valence-corrected chi connectivity index (χ3v) is 4.86. The summed E-state index contributed by atoms with van der Waals surface area (Å²) in [7, 11) is 1.72. The van der Waals surface area contributed by atoms with Crippen LogP contribution in [0.25, 0.3) is 10.2 Å². The minimum Gasteiger partial charge on any atom is -0.493 e. The zero-order chi connectivity index (χ0) is 15.5. The van der Waals surface area contributed by atoms with Gasteiger partial charge in [-0.05, 0) is 35.7 Å². The van der Waals surface area contributed by atoms with Crippen molar-refractivity contribution < 1.29 is 9.13 Å². The molecule has 2 aromatic heterocycles. The lowest BCUT2D eigenvalue weighted by Crippen LogP contribution is -2.19. The lowest BCUT2D eigenvalue weighted by atomic mass is 10.3. The van der Waals surface area contributed by atoms with Gasteiger partial charge in [0.1, 0.15) is 16.4 Å². The Morgan fingerprint density at radius 3 is 2.86 bits per heavy atom. The number of rotatable bonds is 5. The Hall–Kier alpha value is -1.86. The molecule has 0 spiro atoms. The molecule has 0 bridgehead atoms. The highest BCUT2D eigenvalue weighted by molar-refractivity contribution is 7.99. The normalized spacial score (nSPS) is 11.0. The molecule has 0 N–H and O–H groups in total. The standard InChI is InChI=1S/C15H13FN2O2S2/c1-18-14(19)12-6-8-21-13(12)17-15(18)22-9-7-20-11-4-2-10(16)3-5-11/h2-6,8H,7,9H2,1H3. The van der Waals surface area contributed by atoms with E-state index in [1.54, 1.807) is 29.8 Å². The minimum absolute atomic E-state index is 0.0341. The van der Waals surface area contributed by atoms with E-state index in [1.807, 2.05) is 5.38 Å². The lowest BCUT2D eigenvalue weighted by Gasteiger charge is -2.08. The topological polar surface area (TPSA) is 44.1 Å². The van der Waals surface area contributed by atoms with Crippen molar-refractivity contribution in [1.29, 1.82) is 0 Å². The van der Waals surface area contributed by atoms with Crippen LogP contribution in [0.15, 0.2) is 45.7 Å². The number of fused-ring (bicyclic) bond motifs is 1. The average Bonchev–Trinajstić information content (AvgIpc) is 2.98.